The number of allylic oxidation sites excluding steroid dienone is 1. The number of thioether (sulfide) groups is 1. The van der Waals surface area contributed by atoms with Crippen LogP contribution in [0.25, 0.3) is 17.2 Å². The van der Waals surface area contributed by atoms with Crippen LogP contribution in [0, 0.1) is 11.6 Å². The lowest BCUT2D eigenvalue weighted by Gasteiger charge is -2.25. The molecule has 0 amide bonds. The lowest BCUT2D eigenvalue weighted by atomic mass is 10.00. The summed E-state index contributed by atoms with van der Waals surface area (Å²) in [5.41, 5.74) is 0.857. The molecule has 1 saturated carbocycles. The maximum atomic E-state index is 14.4. The van der Waals surface area contributed by atoms with Crippen LogP contribution in [0.3, 0.4) is 0 Å². The molecule has 1 aromatic carbocycles. The molecule has 0 radical (unpaired) electrons. The van der Waals surface area contributed by atoms with Crippen molar-refractivity contribution in [2.24, 2.45) is 0 Å². The third kappa shape index (κ3) is 5.37. The van der Waals surface area contributed by atoms with Crippen molar-refractivity contribution in [3.8, 4) is 11.1 Å². The monoisotopic (exact) mass is 411 g/mol. The van der Waals surface area contributed by atoms with Crippen molar-refractivity contribution in [1.29, 1.82) is 0 Å². The van der Waals surface area contributed by atoms with E-state index in [4.69, 9.17) is 4.55 Å². The fraction of sp³-hybridized carbons (Fsp3) is 0.316. The van der Waals surface area contributed by atoms with E-state index < -0.39 is 27.5 Å². The van der Waals surface area contributed by atoms with E-state index in [0.717, 1.165) is 17.9 Å². The Bertz CT molecular complexity index is 934. The normalized spacial score (nSPS) is 15.2. The second kappa shape index (κ2) is 8.50. The van der Waals surface area contributed by atoms with Crippen molar-refractivity contribution in [1.82, 2.24) is 4.98 Å². The average molecular weight is 411 g/mol. The molecular formula is C19H19F2NO3S2. The Labute approximate surface area is 161 Å². The van der Waals surface area contributed by atoms with Gasteiger partial charge in [0.15, 0.2) is 0 Å². The van der Waals surface area contributed by atoms with Crippen LogP contribution in [-0.2, 0) is 10.1 Å². The molecule has 1 aromatic heterocycles. The van der Waals surface area contributed by atoms with Crippen LogP contribution in [0.4, 0.5) is 8.78 Å². The molecule has 0 saturated heterocycles. The minimum Gasteiger partial charge on any atom is -0.286 e. The van der Waals surface area contributed by atoms with Crippen LogP contribution in [0.1, 0.15) is 31.2 Å². The number of hydrogen-bond donors (Lipinski definition) is 1. The molecule has 1 aliphatic carbocycles. The molecular weight excluding hydrogens is 392 g/mol. The number of pyridine rings is 1. The quantitative estimate of drug-likeness (QED) is 0.652. The van der Waals surface area contributed by atoms with Gasteiger partial charge in [-0.3, -0.25) is 4.55 Å². The Kier molecular flexibility index (Phi) is 6.29. The van der Waals surface area contributed by atoms with Crippen molar-refractivity contribution < 1.29 is 21.8 Å². The Morgan fingerprint density at radius 3 is 2.56 bits per heavy atom. The van der Waals surface area contributed by atoms with Crippen LogP contribution in [0.15, 0.2) is 41.6 Å². The fourth-order valence-corrected chi connectivity index (χ4v) is 4.42. The predicted octanol–water partition coefficient (Wildman–Crippen LogP) is 4.96. The standard InChI is InChI=1S/C19H19F2NO3S2/c20-17-11-13(12-18(21)16(17)7-1-2-10-27(23,24)25)15-8-4-9-22-19(15)26-14-5-3-6-14/h1,4,7-9,11-12,14H,2-3,5-6,10H2,(H,23,24,25)/b7-1+. The van der Waals surface area contributed by atoms with Crippen molar-refractivity contribution in [3.63, 3.8) is 0 Å². The van der Waals surface area contributed by atoms with E-state index in [2.05, 4.69) is 4.98 Å². The summed E-state index contributed by atoms with van der Waals surface area (Å²) in [6.07, 6.45) is 7.58. The van der Waals surface area contributed by atoms with Gasteiger partial charge in [-0.1, -0.05) is 24.6 Å². The molecule has 1 N–H and O–H groups in total. The van der Waals surface area contributed by atoms with Gasteiger partial charge in [0.05, 0.1) is 5.75 Å². The highest BCUT2D eigenvalue weighted by molar-refractivity contribution is 8.00. The summed E-state index contributed by atoms with van der Waals surface area (Å²) in [6, 6.07) is 6.05. The van der Waals surface area contributed by atoms with Crippen molar-refractivity contribution in [2.75, 3.05) is 5.75 Å². The molecule has 0 spiro atoms. The van der Waals surface area contributed by atoms with Crippen molar-refractivity contribution in [3.05, 3.63) is 53.7 Å². The number of rotatable bonds is 7. The second-order valence-corrected chi connectivity index (χ2v) is 9.22. The lowest BCUT2D eigenvalue weighted by Crippen LogP contribution is -2.13. The Morgan fingerprint density at radius 1 is 1.26 bits per heavy atom. The first-order valence-electron chi connectivity index (χ1n) is 8.56. The summed E-state index contributed by atoms with van der Waals surface area (Å²) in [5, 5.41) is 1.26. The van der Waals surface area contributed by atoms with E-state index in [1.165, 1.54) is 30.7 Å². The van der Waals surface area contributed by atoms with Gasteiger partial charge in [-0.2, -0.15) is 8.42 Å². The van der Waals surface area contributed by atoms with E-state index in [-0.39, 0.29) is 12.0 Å². The van der Waals surface area contributed by atoms with Gasteiger partial charge in [0.1, 0.15) is 16.7 Å². The molecule has 0 bridgehead atoms. The number of hydrogen-bond acceptors (Lipinski definition) is 4. The zero-order chi connectivity index (χ0) is 19.4. The van der Waals surface area contributed by atoms with E-state index >= 15 is 0 Å². The van der Waals surface area contributed by atoms with Gasteiger partial charge in [-0.15, -0.1) is 11.8 Å². The molecule has 8 heteroatoms. The fourth-order valence-electron chi connectivity index (χ4n) is 2.67. The molecule has 4 nitrogen and oxygen atoms in total. The van der Waals surface area contributed by atoms with Gasteiger partial charge in [0, 0.05) is 22.6 Å². The van der Waals surface area contributed by atoms with Crippen LogP contribution in [0.5, 0.6) is 0 Å². The maximum absolute atomic E-state index is 14.4. The molecule has 1 aliphatic rings. The molecule has 0 unspecified atom stereocenters. The highest BCUT2D eigenvalue weighted by Gasteiger charge is 2.21. The predicted molar refractivity (Wildman–Crippen MR) is 103 cm³/mol. The molecule has 0 aliphatic heterocycles. The van der Waals surface area contributed by atoms with Gasteiger partial charge >= 0.3 is 0 Å². The highest BCUT2D eigenvalue weighted by atomic mass is 32.2. The number of benzene rings is 1. The first-order chi connectivity index (χ1) is 12.8. The molecule has 2 aromatic rings. The molecule has 3 rings (SSSR count). The van der Waals surface area contributed by atoms with E-state index in [1.54, 1.807) is 30.1 Å². The third-order valence-corrected chi connectivity index (χ3v) is 6.42. The van der Waals surface area contributed by atoms with Crippen LogP contribution in [-0.4, -0.2) is 29.0 Å². The smallest absolute Gasteiger partial charge is 0.265 e. The van der Waals surface area contributed by atoms with Gasteiger partial charge in [0.2, 0.25) is 0 Å². The molecule has 1 fully saturated rings. The summed E-state index contributed by atoms with van der Waals surface area (Å²) in [6.45, 7) is 0. The SMILES string of the molecule is O=S(=O)(O)CC/C=C/c1c(F)cc(-c2cccnc2SC2CCC2)cc1F. The van der Waals surface area contributed by atoms with Crippen molar-refractivity contribution >= 4 is 28.0 Å². The van der Waals surface area contributed by atoms with Crippen LogP contribution < -0.4 is 0 Å². The Morgan fingerprint density at radius 2 is 1.96 bits per heavy atom. The zero-order valence-corrected chi connectivity index (χ0v) is 16.1. The molecule has 1 heterocycles. The van der Waals surface area contributed by atoms with Gasteiger partial charge in [0.25, 0.3) is 10.1 Å². The minimum absolute atomic E-state index is 0.0375. The summed E-state index contributed by atoms with van der Waals surface area (Å²) in [7, 11) is -4.10. The van der Waals surface area contributed by atoms with E-state index in [0.29, 0.717) is 16.4 Å². The Balaban J connectivity index is 1.83. The molecule has 27 heavy (non-hydrogen) atoms. The second-order valence-electron chi connectivity index (χ2n) is 6.36. The largest absolute Gasteiger partial charge is 0.286 e. The zero-order valence-electron chi connectivity index (χ0n) is 14.4. The minimum atomic E-state index is -4.10. The van der Waals surface area contributed by atoms with Gasteiger partial charge in [-0.25, -0.2) is 13.8 Å². The summed E-state index contributed by atoms with van der Waals surface area (Å²) >= 11 is 1.64. The molecule has 0 atom stereocenters. The summed E-state index contributed by atoms with van der Waals surface area (Å²) < 4.78 is 58.9. The van der Waals surface area contributed by atoms with E-state index in [1.807, 2.05) is 0 Å². The highest BCUT2D eigenvalue weighted by Crippen LogP contribution is 2.40. The number of nitrogens with zero attached hydrogens (tertiary/aromatic N) is 1. The van der Waals surface area contributed by atoms with Gasteiger partial charge < -0.3 is 0 Å². The maximum Gasteiger partial charge on any atom is 0.265 e. The van der Waals surface area contributed by atoms with E-state index in [9.17, 15) is 17.2 Å². The van der Waals surface area contributed by atoms with Gasteiger partial charge in [-0.05, 0) is 43.0 Å². The van der Waals surface area contributed by atoms with Crippen molar-refractivity contribution in [2.45, 2.75) is 36.0 Å². The number of halogens is 2. The summed E-state index contributed by atoms with van der Waals surface area (Å²) in [4.78, 5) is 4.37. The third-order valence-electron chi connectivity index (χ3n) is 4.32. The number of aromatic nitrogens is 1. The first-order valence-corrected chi connectivity index (χ1v) is 11.0. The first kappa shape index (κ1) is 20.0. The average Bonchev–Trinajstić information content (AvgIpc) is 2.56. The Hall–Kier alpha value is -1.77. The van der Waals surface area contributed by atoms with Crippen LogP contribution >= 0.6 is 11.8 Å². The molecule has 144 valence electrons. The lowest BCUT2D eigenvalue weighted by molar-refractivity contribution is 0.483. The topological polar surface area (TPSA) is 67.3 Å². The summed E-state index contributed by atoms with van der Waals surface area (Å²) in [5.74, 6) is -1.98. The van der Waals surface area contributed by atoms with Crippen LogP contribution in [0.2, 0.25) is 0 Å².